The predicted molar refractivity (Wildman–Crippen MR) is 136 cm³/mol. The Bertz CT molecular complexity index is 1470. The van der Waals surface area contributed by atoms with E-state index in [1.54, 1.807) is 19.1 Å². The standard InChI is InChI=1S/C26H18Cl2F3N3O3/c1-13-4-3-5-20(14(13)2)34-24(36)21(28)22(25(34)37)32-17-9-6-15(7-10-17)23(35)33-19-12-16(26(29,30)31)8-11-18(19)27/h3-12,32H,1-2H3,(H,33,35). The number of anilines is 3. The average molecular weight is 548 g/mol. The third kappa shape index (κ3) is 5.19. The molecular formula is C26H18Cl2F3N3O3. The molecule has 0 saturated heterocycles. The second kappa shape index (κ2) is 9.91. The molecule has 3 amide bonds. The number of carbonyl (C=O) groups excluding carboxylic acids is 3. The molecule has 0 atom stereocenters. The number of rotatable bonds is 5. The van der Waals surface area contributed by atoms with Crippen molar-refractivity contribution >= 4 is 58.0 Å². The van der Waals surface area contributed by atoms with Crippen molar-refractivity contribution in [1.29, 1.82) is 0 Å². The highest BCUT2D eigenvalue weighted by atomic mass is 35.5. The highest BCUT2D eigenvalue weighted by molar-refractivity contribution is 6.53. The molecule has 0 fully saturated rings. The van der Waals surface area contributed by atoms with Crippen molar-refractivity contribution in [3.63, 3.8) is 0 Å². The van der Waals surface area contributed by atoms with Crippen LogP contribution < -0.4 is 15.5 Å². The number of benzene rings is 3. The van der Waals surface area contributed by atoms with Gasteiger partial charge < -0.3 is 10.6 Å². The molecular weight excluding hydrogens is 530 g/mol. The lowest BCUT2D eigenvalue weighted by atomic mass is 10.1. The minimum Gasteiger partial charge on any atom is -0.350 e. The molecule has 1 aliphatic heterocycles. The summed E-state index contributed by atoms with van der Waals surface area (Å²) in [5.74, 6) is -2.00. The number of alkyl halides is 3. The van der Waals surface area contributed by atoms with Crippen LogP contribution in [0.3, 0.4) is 0 Å². The van der Waals surface area contributed by atoms with Gasteiger partial charge in [-0.25, -0.2) is 4.90 Å². The van der Waals surface area contributed by atoms with Crippen molar-refractivity contribution < 1.29 is 27.6 Å². The van der Waals surface area contributed by atoms with E-state index >= 15 is 0 Å². The summed E-state index contributed by atoms with van der Waals surface area (Å²) < 4.78 is 39.0. The third-order valence-corrected chi connectivity index (χ3v) is 6.48. The zero-order chi connectivity index (χ0) is 27.1. The summed E-state index contributed by atoms with van der Waals surface area (Å²) in [7, 11) is 0. The van der Waals surface area contributed by atoms with Crippen molar-refractivity contribution in [3.8, 4) is 0 Å². The Morgan fingerprint density at radius 3 is 2.24 bits per heavy atom. The quantitative estimate of drug-likeness (QED) is 0.350. The number of nitrogens with zero attached hydrogens (tertiary/aromatic N) is 1. The second-order valence-electron chi connectivity index (χ2n) is 8.20. The van der Waals surface area contributed by atoms with E-state index in [1.807, 2.05) is 13.0 Å². The van der Waals surface area contributed by atoms with Crippen molar-refractivity contribution in [2.24, 2.45) is 0 Å². The molecule has 0 bridgehead atoms. The molecule has 0 aliphatic carbocycles. The zero-order valence-corrected chi connectivity index (χ0v) is 20.8. The Hall–Kier alpha value is -3.82. The minimum atomic E-state index is -4.60. The molecule has 37 heavy (non-hydrogen) atoms. The summed E-state index contributed by atoms with van der Waals surface area (Å²) in [6.07, 6.45) is -4.60. The molecule has 1 heterocycles. The van der Waals surface area contributed by atoms with E-state index in [-0.39, 0.29) is 27.0 Å². The zero-order valence-electron chi connectivity index (χ0n) is 19.3. The third-order valence-electron chi connectivity index (χ3n) is 5.80. The Morgan fingerprint density at radius 2 is 1.59 bits per heavy atom. The lowest BCUT2D eigenvalue weighted by Crippen LogP contribution is -2.33. The fraction of sp³-hybridized carbons (Fsp3) is 0.115. The van der Waals surface area contributed by atoms with Gasteiger partial charge in [0.1, 0.15) is 10.7 Å². The summed E-state index contributed by atoms with van der Waals surface area (Å²) in [5, 5.41) is 4.83. The van der Waals surface area contributed by atoms with Gasteiger partial charge in [-0.2, -0.15) is 13.2 Å². The number of amides is 3. The van der Waals surface area contributed by atoms with Crippen LogP contribution in [0, 0.1) is 13.8 Å². The topological polar surface area (TPSA) is 78.5 Å². The van der Waals surface area contributed by atoms with Gasteiger partial charge in [-0.3, -0.25) is 14.4 Å². The maximum Gasteiger partial charge on any atom is 0.416 e. The van der Waals surface area contributed by atoms with Crippen molar-refractivity contribution in [2.45, 2.75) is 20.0 Å². The van der Waals surface area contributed by atoms with E-state index in [0.717, 1.165) is 34.2 Å². The second-order valence-corrected chi connectivity index (χ2v) is 8.99. The van der Waals surface area contributed by atoms with Gasteiger partial charge in [0.25, 0.3) is 17.7 Å². The Balaban J connectivity index is 1.50. The van der Waals surface area contributed by atoms with Crippen LogP contribution in [0.4, 0.5) is 30.2 Å². The van der Waals surface area contributed by atoms with E-state index in [0.29, 0.717) is 11.4 Å². The molecule has 0 radical (unpaired) electrons. The average Bonchev–Trinajstić information content (AvgIpc) is 3.05. The van der Waals surface area contributed by atoms with Crippen LogP contribution in [-0.4, -0.2) is 17.7 Å². The molecule has 2 N–H and O–H groups in total. The molecule has 190 valence electrons. The van der Waals surface area contributed by atoms with E-state index in [1.165, 1.54) is 24.3 Å². The maximum atomic E-state index is 13.0. The van der Waals surface area contributed by atoms with Gasteiger partial charge in [0.15, 0.2) is 0 Å². The minimum absolute atomic E-state index is 0.0565. The molecule has 1 aliphatic rings. The highest BCUT2D eigenvalue weighted by Gasteiger charge is 2.39. The Morgan fingerprint density at radius 1 is 0.919 bits per heavy atom. The number of halogens is 5. The summed E-state index contributed by atoms with van der Waals surface area (Å²) >= 11 is 12.1. The van der Waals surface area contributed by atoms with Crippen molar-refractivity contribution in [1.82, 2.24) is 0 Å². The highest BCUT2D eigenvalue weighted by Crippen LogP contribution is 2.35. The number of hydrogen-bond donors (Lipinski definition) is 2. The van der Waals surface area contributed by atoms with Crippen LogP contribution >= 0.6 is 23.2 Å². The molecule has 3 aromatic carbocycles. The van der Waals surface area contributed by atoms with Gasteiger partial charge in [0.2, 0.25) is 0 Å². The Kier molecular flexibility index (Phi) is 7.03. The van der Waals surface area contributed by atoms with Crippen LogP contribution in [0.1, 0.15) is 27.0 Å². The smallest absolute Gasteiger partial charge is 0.350 e. The summed E-state index contributed by atoms with van der Waals surface area (Å²) in [6.45, 7) is 3.65. The number of aryl methyl sites for hydroxylation is 1. The van der Waals surface area contributed by atoms with Crippen LogP contribution in [0.15, 0.2) is 71.4 Å². The predicted octanol–water partition coefficient (Wildman–Crippen LogP) is 6.66. The summed E-state index contributed by atoms with van der Waals surface area (Å²) in [4.78, 5) is 39.4. The maximum absolute atomic E-state index is 13.0. The van der Waals surface area contributed by atoms with E-state index in [4.69, 9.17) is 23.2 Å². The molecule has 4 rings (SSSR count). The lowest BCUT2D eigenvalue weighted by Gasteiger charge is -2.18. The van der Waals surface area contributed by atoms with Crippen LogP contribution in [0.2, 0.25) is 5.02 Å². The van der Waals surface area contributed by atoms with Crippen LogP contribution in [-0.2, 0) is 15.8 Å². The van der Waals surface area contributed by atoms with Gasteiger partial charge >= 0.3 is 6.18 Å². The van der Waals surface area contributed by atoms with E-state index < -0.39 is 29.5 Å². The lowest BCUT2D eigenvalue weighted by molar-refractivity contribution is -0.137. The van der Waals surface area contributed by atoms with Gasteiger partial charge in [-0.05, 0) is 73.5 Å². The number of imide groups is 1. The molecule has 0 aromatic heterocycles. The summed E-state index contributed by atoms with van der Waals surface area (Å²) in [6, 6.07) is 13.5. The molecule has 0 unspecified atom stereocenters. The fourth-order valence-corrected chi connectivity index (χ4v) is 4.03. The van der Waals surface area contributed by atoms with Crippen LogP contribution in [0.5, 0.6) is 0 Å². The SMILES string of the molecule is Cc1cccc(N2C(=O)C(Cl)=C(Nc3ccc(C(=O)Nc4cc(C(F)(F)F)ccc4Cl)cc3)C2=O)c1C. The van der Waals surface area contributed by atoms with Gasteiger partial charge in [-0.15, -0.1) is 0 Å². The molecule has 11 heteroatoms. The summed E-state index contributed by atoms with van der Waals surface area (Å²) in [5.41, 5.74) is 1.27. The van der Waals surface area contributed by atoms with E-state index in [9.17, 15) is 27.6 Å². The molecule has 3 aromatic rings. The molecule has 0 spiro atoms. The number of nitrogens with one attached hydrogen (secondary N) is 2. The molecule has 6 nitrogen and oxygen atoms in total. The van der Waals surface area contributed by atoms with Gasteiger partial charge in [0, 0.05) is 11.3 Å². The monoisotopic (exact) mass is 547 g/mol. The van der Waals surface area contributed by atoms with Gasteiger partial charge in [-0.1, -0.05) is 35.3 Å². The van der Waals surface area contributed by atoms with Gasteiger partial charge in [0.05, 0.1) is 22.0 Å². The van der Waals surface area contributed by atoms with Crippen molar-refractivity contribution in [2.75, 3.05) is 15.5 Å². The largest absolute Gasteiger partial charge is 0.416 e. The first-order chi connectivity index (χ1) is 17.4. The normalized spacial score (nSPS) is 13.9. The fourth-order valence-electron chi connectivity index (χ4n) is 3.65. The first-order valence-corrected chi connectivity index (χ1v) is 11.5. The van der Waals surface area contributed by atoms with Crippen LogP contribution in [0.25, 0.3) is 0 Å². The van der Waals surface area contributed by atoms with Crippen molar-refractivity contribution in [3.05, 3.63) is 98.7 Å². The number of hydrogen-bond acceptors (Lipinski definition) is 4. The first-order valence-electron chi connectivity index (χ1n) is 10.8. The number of carbonyl (C=O) groups is 3. The van der Waals surface area contributed by atoms with E-state index in [2.05, 4.69) is 10.6 Å². The Labute approximate surface area is 219 Å². The first kappa shape index (κ1) is 26.2. The molecule has 0 saturated carbocycles.